The summed E-state index contributed by atoms with van der Waals surface area (Å²) in [4.78, 5) is 15.9. The number of nitrogens with zero attached hydrogens (tertiary/aromatic N) is 1. The van der Waals surface area contributed by atoms with Crippen molar-refractivity contribution in [2.24, 2.45) is 0 Å². The Morgan fingerprint density at radius 2 is 1.94 bits per heavy atom. The van der Waals surface area contributed by atoms with Crippen LogP contribution in [0.5, 0.6) is 0 Å². The smallest absolute Gasteiger partial charge is 0.229 e. The fourth-order valence-electron chi connectivity index (χ4n) is 1.52. The zero-order valence-corrected chi connectivity index (χ0v) is 11.6. The molecule has 0 aliphatic heterocycles. The number of benzene rings is 1. The highest BCUT2D eigenvalue weighted by atomic mass is 79.9. The topological polar surface area (TPSA) is 42.0 Å². The van der Waals surface area contributed by atoms with Crippen molar-refractivity contribution in [1.29, 1.82) is 0 Å². The summed E-state index contributed by atoms with van der Waals surface area (Å²) in [5, 5.41) is 2.77. The molecule has 3 nitrogen and oxygen atoms in total. The summed E-state index contributed by atoms with van der Waals surface area (Å²) in [5.74, 6) is 0.524. The SMILES string of the molecule is Cc1ccc(NC(=O)Cc2ccc(Br)cc2)nc1. The summed E-state index contributed by atoms with van der Waals surface area (Å²) in [6.07, 6.45) is 2.08. The first kappa shape index (κ1) is 12.8. The van der Waals surface area contributed by atoms with Crippen LogP contribution in [0.2, 0.25) is 0 Å². The lowest BCUT2D eigenvalue weighted by Gasteiger charge is -2.04. The van der Waals surface area contributed by atoms with Crippen LogP contribution in [0.4, 0.5) is 5.82 Å². The van der Waals surface area contributed by atoms with E-state index in [2.05, 4.69) is 26.2 Å². The standard InChI is InChI=1S/C14H13BrN2O/c1-10-2-7-13(16-9-10)17-14(18)8-11-3-5-12(15)6-4-11/h2-7,9H,8H2,1H3,(H,16,17,18). The Morgan fingerprint density at radius 3 is 2.56 bits per heavy atom. The Morgan fingerprint density at radius 1 is 1.22 bits per heavy atom. The van der Waals surface area contributed by atoms with Gasteiger partial charge in [-0.3, -0.25) is 4.79 Å². The lowest BCUT2D eigenvalue weighted by Crippen LogP contribution is -2.15. The van der Waals surface area contributed by atoms with Crippen LogP contribution in [0, 0.1) is 6.92 Å². The molecular formula is C14H13BrN2O. The number of rotatable bonds is 3. The molecule has 2 aromatic rings. The summed E-state index contributed by atoms with van der Waals surface area (Å²) in [6, 6.07) is 11.4. The largest absolute Gasteiger partial charge is 0.310 e. The van der Waals surface area contributed by atoms with Crippen molar-refractivity contribution in [2.45, 2.75) is 13.3 Å². The van der Waals surface area contributed by atoms with Gasteiger partial charge in [-0.25, -0.2) is 4.98 Å². The van der Waals surface area contributed by atoms with Crippen molar-refractivity contribution in [3.8, 4) is 0 Å². The molecule has 1 amide bonds. The third-order valence-corrected chi connectivity index (χ3v) is 2.99. The minimum Gasteiger partial charge on any atom is -0.310 e. The number of amides is 1. The van der Waals surface area contributed by atoms with E-state index in [0.717, 1.165) is 15.6 Å². The van der Waals surface area contributed by atoms with Crippen molar-refractivity contribution < 1.29 is 4.79 Å². The predicted octanol–water partition coefficient (Wildman–Crippen LogP) is 3.33. The van der Waals surface area contributed by atoms with Gasteiger partial charge in [-0.1, -0.05) is 34.1 Å². The van der Waals surface area contributed by atoms with Crippen LogP contribution < -0.4 is 5.32 Å². The van der Waals surface area contributed by atoms with Crippen LogP contribution >= 0.6 is 15.9 Å². The molecule has 2 rings (SSSR count). The van der Waals surface area contributed by atoms with Crippen LogP contribution in [0.3, 0.4) is 0 Å². The number of hydrogen-bond donors (Lipinski definition) is 1. The first-order chi connectivity index (χ1) is 8.63. The summed E-state index contributed by atoms with van der Waals surface area (Å²) in [5.41, 5.74) is 2.05. The van der Waals surface area contributed by atoms with Crippen molar-refractivity contribution in [3.05, 3.63) is 58.2 Å². The number of pyridine rings is 1. The molecule has 1 aromatic carbocycles. The molecule has 1 heterocycles. The van der Waals surface area contributed by atoms with E-state index >= 15 is 0 Å². The molecule has 0 bridgehead atoms. The minimum absolute atomic E-state index is 0.0614. The van der Waals surface area contributed by atoms with Crippen LogP contribution in [0.15, 0.2) is 47.1 Å². The molecule has 0 radical (unpaired) electrons. The van der Waals surface area contributed by atoms with E-state index in [4.69, 9.17) is 0 Å². The second-order valence-electron chi connectivity index (χ2n) is 4.07. The second kappa shape index (κ2) is 5.78. The molecule has 0 atom stereocenters. The molecule has 0 fully saturated rings. The van der Waals surface area contributed by atoms with E-state index in [1.807, 2.05) is 37.3 Å². The highest BCUT2D eigenvalue weighted by molar-refractivity contribution is 9.10. The van der Waals surface area contributed by atoms with Crippen LogP contribution in [0.25, 0.3) is 0 Å². The van der Waals surface area contributed by atoms with E-state index in [-0.39, 0.29) is 5.91 Å². The van der Waals surface area contributed by atoms with Crippen LogP contribution in [-0.2, 0) is 11.2 Å². The van der Waals surface area contributed by atoms with Gasteiger partial charge in [-0.05, 0) is 36.2 Å². The molecule has 4 heteroatoms. The summed E-state index contributed by atoms with van der Waals surface area (Å²) in [6.45, 7) is 1.96. The third kappa shape index (κ3) is 3.67. The van der Waals surface area contributed by atoms with Crippen LogP contribution in [-0.4, -0.2) is 10.9 Å². The maximum Gasteiger partial charge on any atom is 0.229 e. The van der Waals surface area contributed by atoms with Gasteiger partial charge in [0.15, 0.2) is 0 Å². The summed E-state index contributed by atoms with van der Waals surface area (Å²) < 4.78 is 1.01. The van der Waals surface area contributed by atoms with E-state index in [1.54, 1.807) is 12.3 Å². The maximum absolute atomic E-state index is 11.8. The molecule has 0 aliphatic rings. The van der Waals surface area contributed by atoms with Gasteiger partial charge in [0.25, 0.3) is 0 Å². The number of halogens is 1. The van der Waals surface area contributed by atoms with Gasteiger partial charge in [0.05, 0.1) is 6.42 Å². The van der Waals surface area contributed by atoms with Gasteiger partial charge in [0.2, 0.25) is 5.91 Å². The van der Waals surface area contributed by atoms with Crippen LogP contribution in [0.1, 0.15) is 11.1 Å². The molecule has 92 valence electrons. The van der Waals surface area contributed by atoms with E-state index in [9.17, 15) is 4.79 Å². The highest BCUT2D eigenvalue weighted by Crippen LogP contribution is 2.11. The predicted molar refractivity (Wildman–Crippen MR) is 75.4 cm³/mol. The molecule has 0 aliphatic carbocycles. The van der Waals surface area contributed by atoms with Gasteiger partial charge in [0.1, 0.15) is 5.82 Å². The van der Waals surface area contributed by atoms with Crippen molar-refractivity contribution in [3.63, 3.8) is 0 Å². The average Bonchev–Trinajstić information content (AvgIpc) is 2.35. The van der Waals surface area contributed by atoms with Gasteiger partial charge in [-0.15, -0.1) is 0 Å². The second-order valence-corrected chi connectivity index (χ2v) is 4.99. The Labute approximate surface area is 114 Å². The Kier molecular flexibility index (Phi) is 4.10. The number of aryl methyl sites for hydroxylation is 1. The molecular weight excluding hydrogens is 292 g/mol. The summed E-state index contributed by atoms with van der Waals surface area (Å²) >= 11 is 3.36. The number of aromatic nitrogens is 1. The van der Waals surface area contributed by atoms with E-state index in [1.165, 1.54) is 0 Å². The molecule has 18 heavy (non-hydrogen) atoms. The van der Waals surface area contributed by atoms with E-state index < -0.39 is 0 Å². The zero-order valence-electron chi connectivity index (χ0n) is 9.98. The van der Waals surface area contributed by atoms with Gasteiger partial charge >= 0.3 is 0 Å². The Hall–Kier alpha value is -1.68. The quantitative estimate of drug-likeness (QED) is 0.945. The first-order valence-corrected chi connectivity index (χ1v) is 6.40. The van der Waals surface area contributed by atoms with Crippen molar-refractivity contribution in [2.75, 3.05) is 5.32 Å². The number of nitrogens with one attached hydrogen (secondary N) is 1. The third-order valence-electron chi connectivity index (χ3n) is 2.46. The molecule has 1 aromatic heterocycles. The number of carbonyl (C=O) groups excluding carboxylic acids is 1. The molecule has 0 saturated heterocycles. The molecule has 0 saturated carbocycles. The Bertz CT molecular complexity index is 485. The molecule has 0 unspecified atom stereocenters. The van der Waals surface area contributed by atoms with Gasteiger partial charge in [-0.2, -0.15) is 0 Å². The number of anilines is 1. The fraction of sp³-hybridized carbons (Fsp3) is 0.143. The Balaban J connectivity index is 1.96. The number of hydrogen-bond acceptors (Lipinski definition) is 2. The minimum atomic E-state index is -0.0614. The fourth-order valence-corrected chi connectivity index (χ4v) is 1.78. The zero-order chi connectivity index (χ0) is 13.0. The van der Waals surface area contributed by atoms with Crippen molar-refractivity contribution >= 4 is 27.7 Å². The normalized spacial score (nSPS) is 10.1. The first-order valence-electron chi connectivity index (χ1n) is 5.60. The average molecular weight is 305 g/mol. The van der Waals surface area contributed by atoms with Gasteiger partial charge < -0.3 is 5.32 Å². The lowest BCUT2D eigenvalue weighted by molar-refractivity contribution is -0.115. The monoisotopic (exact) mass is 304 g/mol. The number of carbonyl (C=O) groups is 1. The van der Waals surface area contributed by atoms with Gasteiger partial charge in [0, 0.05) is 10.7 Å². The van der Waals surface area contributed by atoms with E-state index in [0.29, 0.717) is 12.2 Å². The maximum atomic E-state index is 11.8. The summed E-state index contributed by atoms with van der Waals surface area (Å²) in [7, 11) is 0. The van der Waals surface area contributed by atoms with Crippen molar-refractivity contribution in [1.82, 2.24) is 4.98 Å². The molecule has 0 spiro atoms. The highest BCUT2D eigenvalue weighted by Gasteiger charge is 2.04. The molecule has 1 N–H and O–H groups in total. The lowest BCUT2D eigenvalue weighted by atomic mass is 10.1.